The van der Waals surface area contributed by atoms with E-state index in [0.29, 0.717) is 22.7 Å². The van der Waals surface area contributed by atoms with Crippen molar-refractivity contribution in [3.8, 4) is 0 Å². The van der Waals surface area contributed by atoms with Crippen LogP contribution < -0.4 is 21.5 Å². The van der Waals surface area contributed by atoms with Gasteiger partial charge >= 0.3 is 69.2 Å². The molecule has 1 saturated heterocycles. The molecule has 2 aromatic carbocycles. The zero-order chi connectivity index (χ0) is 90.3. The molecule has 0 radical (unpaired) electrons. The minimum absolute atomic E-state index is 0.00431. The fraction of sp³-hybridized carbons (Fsp3) is 0.579. The van der Waals surface area contributed by atoms with Crippen molar-refractivity contribution in [2.45, 2.75) is 151 Å². The monoisotopic (exact) mass is 1940 g/mol. The number of carbonyl (C=O) groups excluding carboxylic acids is 3. The number of anilines is 1. The van der Waals surface area contributed by atoms with Gasteiger partial charge in [0.2, 0.25) is 11.6 Å². The Bertz CT molecular complexity index is 5530. The first-order chi connectivity index (χ1) is 54.2. The quantitative estimate of drug-likeness (QED) is 0.0127. The molecule has 674 valence electrons. The van der Waals surface area contributed by atoms with Gasteiger partial charge in [-0.15, -0.1) is 12.6 Å². The number of hydrogen-bond acceptors (Lipinski definition) is 36. The van der Waals surface area contributed by atoms with E-state index in [0.717, 1.165) is 28.1 Å². The minimum Gasteiger partial charge on any atom is -0.748 e. The standard InChI is InChI=1S/C57H85N5O42P6S5.O3S/c1-38-34-62(55(68)59-53(38)66)52-33-47(64)48(99-52)35-98-106(71,72)101-108(75,76)103-110(79,80)104-109(77,78)102-107(73,74)100-105(69,70)97-28-13-6-5-12-27-96-54(67)39(36-113(87,88)89)31-46(63)43(37-114(90,91)92)58-51(65)21-8-7-11-24-57(4)42-32-40(115(93,94)95)22-23-45(42)61(26-16-30-112(84,85)86)50(57)20-14-19-49-56(2,3)41-17-9-10-18-44(41)60(49)25-15-29-111(81,82)83;1-4(2)3/h9-10,14,17-20,22-23,32,34,39,43,47-48,52,64H,5-8,11-13,15-16,21,24-31,33,35-37H2,1-4H3,(H12-,58,59,65,66,68,69,70,71,72,73,74,75,76,77,78,79,80,81,82,83,84,85,86,87,88,89,90,91,92,93,94,95);/t39?,43?,47-,48-,52-,57?;/m1./s1. The molecule has 3 aliphatic rings. The molecule has 6 rings (SSSR count). The second-order valence-electron chi connectivity index (χ2n) is 27.1. The maximum atomic E-state index is 13.7. The average Bonchev–Trinajstić information content (AvgIpc) is 1.58. The number of Topliss-reactive ketones (excluding diaryl/α,β-unsaturated/α-hetero) is 1. The molecule has 3 aromatic rings. The molecular weight excluding hydrogens is 1850 g/mol. The maximum Gasteiger partial charge on any atom is 0.490 e. The summed E-state index contributed by atoms with van der Waals surface area (Å²) in [4.78, 5) is 127. The van der Waals surface area contributed by atoms with Gasteiger partial charge in [0.15, 0.2) is 11.5 Å². The number of carbonyl (C=O) groups is 3. The highest BCUT2D eigenvalue weighted by molar-refractivity contribution is 7.86. The third-order valence-electron chi connectivity index (χ3n) is 17.4. The van der Waals surface area contributed by atoms with Crippen LogP contribution in [0.15, 0.2) is 87.1 Å². The van der Waals surface area contributed by atoms with Crippen LogP contribution in [-0.2, 0) is 154 Å². The zero-order valence-electron chi connectivity index (χ0n) is 62.6. The topological polar surface area (TPSA) is 777 Å². The normalized spacial score (nSPS) is 21.6. The maximum absolute atomic E-state index is 13.7. The van der Waals surface area contributed by atoms with Gasteiger partial charge in [0.05, 0.1) is 63.8 Å². The number of para-hydroxylation sites is 1. The van der Waals surface area contributed by atoms with E-state index in [4.69, 9.17) is 22.1 Å². The number of aromatic amines is 1. The lowest BCUT2D eigenvalue weighted by molar-refractivity contribution is -0.437. The van der Waals surface area contributed by atoms with Crippen molar-refractivity contribution in [2.24, 2.45) is 5.92 Å². The number of aryl methyl sites for hydroxylation is 1. The fourth-order valence-corrected chi connectivity index (χ4v) is 23.2. The van der Waals surface area contributed by atoms with Gasteiger partial charge in [-0.3, -0.25) is 56.0 Å². The van der Waals surface area contributed by atoms with Gasteiger partial charge in [-0.25, -0.2) is 40.6 Å². The molecule has 0 spiro atoms. The van der Waals surface area contributed by atoms with E-state index < -0.39 is 239 Å². The molecule has 12 atom stereocenters. The summed E-state index contributed by atoms with van der Waals surface area (Å²) in [5.74, 6) is -10.3. The summed E-state index contributed by atoms with van der Waals surface area (Å²) in [6.45, 7) is 4.28. The SMILES string of the molecule is Cc1cn([C@H]2C[C@@H](O)[C@@H](COP(=O)(O)OP(=O)(O)OP(=O)(O)OP(=O)(O)OP(=O)(O)OP(=O)(O)OCCCCCCOC(=O)C(CC(=O)C(CS(=O)(=O)O)NC(=O)CCCCCC3(C)/C(=C\C=C\C4=[N+](CCCS(=O)(=O)[O-])c5ccccc5C4(C)C)N(CCCS(=O)(=O)O)c4ccc(S(=O)(=O)O)cc43)CS(=O)(=O)O)O2)c(=O)[nH]c1=O.O=S(=O)=O. The number of nitrogens with one attached hydrogen (secondary N) is 2. The lowest BCUT2D eigenvalue weighted by Gasteiger charge is -2.30. The summed E-state index contributed by atoms with van der Waals surface area (Å²) in [6, 6.07) is 8.89. The Morgan fingerprint density at radius 3 is 1.81 bits per heavy atom. The van der Waals surface area contributed by atoms with Crippen molar-refractivity contribution in [1.82, 2.24) is 14.9 Å². The molecule has 0 aliphatic carbocycles. The number of phosphoric acid groups is 6. The minimum atomic E-state index is -6.66. The number of esters is 1. The fourth-order valence-electron chi connectivity index (χ4n) is 12.4. The predicted molar refractivity (Wildman–Crippen MR) is 405 cm³/mol. The Hall–Kier alpha value is -5.37. The number of hydrogen-bond donors (Lipinski definition) is 13. The number of fused-ring (bicyclic) bond motifs is 2. The van der Waals surface area contributed by atoms with Gasteiger partial charge in [-0.2, -0.15) is 59.8 Å². The zero-order valence-corrected chi connectivity index (χ0v) is 72.8. The van der Waals surface area contributed by atoms with Gasteiger partial charge in [0, 0.05) is 84.2 Å². The van der Waals surface area contributed by atoms with Crippen molar-refractivity contribution in [3.05, 3.63) is 110 Å². The summed E-state index contributed by atoms with van der Waals surface area (Å²) in [5.41, 5.74) is -0.174. The Morgan fingerprint density at radius 2 is 1.25 bits per heavy atom. The molecule has 3 aliphatic heterocycles. The predicted octanol–water partition coefficient (Wildman–Crippen LogP) is 2.85. The number of aromatic nitrogens is 2. The number of ketones is 1. The average molecular weight is 1940 g/mol. The van der Waals surface area contributed by atoms with Gasteiger partial charge in [-0.1, -0.05) is 43.5 Å². The number of phosphoric ester groups is 2. The molecule has 9 unspecified atom stereocenters. The van der Waals surface area contributed by atoms with Crippen LogP contribution >= 0.6 is 46.9 Å². The number of H-pyrrole nitrogens is 1. The van der Waals surface area contributed by atoms with E-state index in [1.807, 2.05) is 41.6 Å². The van der Waals surface area contributed by atoms with Crippen LogP contribution in [0, 0.1) is 12.8 Å². The summed E-state index contributed by atoms with van der Waals surface area (Å²) in [7, 11) is -65.4. The van der Waals surface area contributed by atoms with Crippen molar-refractivity contribution >= 4 is 143 Å². The van der Waals surface area contributed by atoms with E-state index in [1.54, 1.807) is 36.1 Å². The first-order valence-corrected chi connectivity index (χ1v) is 52.1. The lowest BCUT2D eigenvalue weighted by atomic mass is 9.77. The Balaban J connectivity index is 0.00000616. The van der Waals surface area contributed by atoms with Crippen LogP contribution in [-0.4, -0.2) is 224 Å². The van der Waals surface area contributed by atoms with Crippen LogP contribution in [0.25, 0.3) is 0 Å². The van der Waals surface area contributed by atoms with Crippen molar-refractivity contribution in [3.63, 3.8) is 0 Å². The molecule has 119 heavy (non-hydrogen) atoms. The van der Waals surface area contributed by atoms with Crippen LogP contribution in [0.4, 0.5) is 11.4 Å². The molecule has 13 N–H and O–H groups in total. The van der Waals surface area contributed by atoms with Crippen LogP contribution in [0.5, 0.6) is 0 Å². The smallest absolute Gasteiger partial charge is 0.490 e. The number of ether oxygens (including phenoxy) is 2. The molecule has 1 fully saturated rings. The lowest BCUT2D eigenvalue weighted by Crippen LogP contribution is -2.46. The number of rotatable bonds is 48. The van der Waals surface area contributed by atoms with Gasteiger partial charge in [-0.05, 0) is 96.1 Å². The molecule has 50 nitrogen and oxygen atoms in total. The van der Waals surface area contributed by atoms with Gasteiger partial charge < -0.3 is 58.7 Å². The van der Waals surface area contributed by atoms with E-state index in [1.165, 1.54) is 19.1 Å². The molecular formula is C57H85N5O45P6S6. The first-order valence-electron chi connectivity index (χ1n) is 34.3. The number of unbranched alkanes of at least 4 members (excludes halogenated alkanes) is 5. The molecule has 0 saturated carbocycles. The van der Waals surface area contributed by atoms with Crippen LogP contribution in [0.2, 0.25) is 0 Å². The van der Waals surface area contributed by atoms with Crippen LogP contribution in [0.3, 0.4) is 0 Å². The van der Waals surface area contributed by atoms with Crippen molar-refractivity contribution in [1.29, 1.82) is 0 Å². The largest absolute Gasteiger partial charge is 0.748 e. The first kappa shape index (κ1) is 104. The van der Waals surface area contributed by atoms with E-state index in [2.05, 4.69) is 35.9 Å². The number of aliphatic hydroxyl groups is 1. The van der Waals surface area contributed by atoms with E-state index in [9.17, 15) is 151 Å². The summed E-state index contributed by atoms with van der Waals surface area (Å²) >= 11 is 0. The Labute approximate surface area is 680 Å². The molecule has 0 bridgehead atoms. The second kappa shape index (κ2) is 42.1. The van der Waals surface area contributed by atoms with Crippen LogP contribution in [0.1, 0.15) is 127 Å². The van der Waals surface area contributed by atoms with Crippen molar-refractivity contribution < 1.29 is 198 Å². The second-order valence-corrected chi connectivity index (χ2v) is 44.4. The van der Waals surface area contributed by atoms with Gasteiger partial charge in [0.1, 0.15) is 30.7 Å². The highest BCUT2D eigenvalue weighted by Gasteiger charge is 2.51. The highest BCUT2D eigenvalue weighted by Crippen LogP contribution is 2.75. The van der Waals surface area contributed by atoms with Gasteiger partial charge in [0.25, 0.3) is 46.0 Å². The van der Waals surface area contributed by atoms with Crippen molar-refractivity contribution in [2.75, 3.05) is 60.8 Å². The number of allylic oxidation sites excluding steroid dienone is 4. The number of benzene rings is 2. The molecule has 1 amide bonds. The van der Waals surface area contributed by atoms with E-state index >= 15 is 0 Å². The van der Waals surface area contributed by atoms with E-state index in [-0.39, 0.29) is 89.3 Å². The summed E-state index contributed by atoms with van der Waals surface area (Å²) in [6.07, 6.45) is -0.628. The Kier molecular flexibility index (Phi) is 36.8. The highest BCUT2D eigenvalue weighted by atomic mass is 32.2. The molecule has 1 aromatic heterocycles. The third kappa shape index (κ3) is 34.6. The Morgan fingerprint density at radius 1 is 0.706 bits per heavy atom. The number of aliphatic hydroxyl groups excluding tert-OH is 1. The number of nitrogens with zero attached hydrogens (tertiary/aromatic N) is 3. The number of amides is 1. The summed E-state index contributed by atoms with van der Waals surface area (Å²) < 4.78 is 312. The molecule has 62 heteroatoms. The molecule has 4 heterocycles. The third-order valence-corrected chi connectivity index (χ3v) is 30.6. The summed E-state index contributed by atoms with van der Waals surface area (Å²) in [5, 5.41) is 12.5.